The molecule has 1 rings (SSSR count). The number of cyclic esters (lactones) is 1. The third-order valence-electron chi connectivity index (χ3n) is 2.63. The van der Waals surface area contributed by atoms with Crippen LogP contribution in [0.4, 0.5) is 0 Å². The number of esters is 1. The Kier molecular flexibility index (Phi) is 6.24. The van der Waals surface area contributed by atoms with E-state index in [2.05, 4.69) is 15.9 Å². The van der Waals surface area contributed by atoms with Crippen molar-refractivity contribution in [3.8, 4) is 0 Å². The Morgan fingerprint density at radius 1 is 1.14 bits per heavy atom. The lowest BCUT2D eigenvalue weighted by Gasteiger charge is -2.14. The van der Waals surface area contributed by atoms with Crippen molar-refractivity contribution in [2.75, 3.05) is 5.33 Å². The van der Waals surface area contributed by atoms with E-state index in [1.807, 2.05) is 0 Å². The summed E-state index contributed by atoms with van der Waals surface area (Å²) >= 11 is 3.39. The molecule has 0 amide bonds. The van der Waals surface area contributed by atoms with Gasteiger partial charge in [0.25, 0.3) is 0 Å². The Hall–Kier alpha value is -0.0500. The first-order chi connectivity index (χ1) is 6.83. The molecule has 0 aromatic rings. The minimum absolute atomic E-state index is 0.0173. The molecule has 0 aromatic carbocycles. The van der Waals surface area contributed by atoms with Gasteiger partial charge in [0.2, 0.25) is 0 Å². The second-order valence-corrected chi connectivity index (χ2v) is 4.57. The van der Waals surface area contributed by atoms with E-state index in [-0.39, 0.29) is 12.1 Å². The maximum Gasteiger partial charge on any atom is 0.306 e. The van der Waals surface area contributed by atoms with Crippen LogP contribution in [0.1, 0.15) is 51.4 Å². The molecule has 0 saturated carbocycles. The number of ether oxygens (including phenoxy) is 1. The molecule has 0 N–H and O–H groups in total. The highest BCUT2D eigenvalue weighted by Gasteiger charge is 2.13. The summed E-state index contributed by atoms with van der Waals surface area (Å²) in [6.45, 7) is 0. The smallest absolute Gasteiger partial charge is 0.306 e. The van der Waals surface area contributed by atoms with Gasteiger partial charge >= 0.3 is 5.97 Å². The van der Waals surface area contributed by atoms with E-state index in [1.165, 1.54) is 32.1 Å². The summed E-state index contributed by atoms with van der Waals surface area (Å²) in [4.78, 5) is 11.3. The van der Waals surface area contributed by atoms with E-state index in [1.54, 1.807) is 0 Å². The molecule has 3 heteroatoms. The number of rotatable bonds is 1. The Bertz CT molecular complexity index is 171. The molecule has 82 valence electrons. The first-order valence-electron chi connectivity index (χ1n) is 5.58. The molecular weight excluding hydrogens is 244 g/mol. The average Bonchev–Trinajstić information content (AvgIpc) is 2.23. The normalized spacial score (nSPS) is 26.4. The monoisotopic (exact) mass is 262 g/mol. The SMILES string of the molecule is O=C1CCCCCCCCC(CBr)O1. The van der Waals surface area contributed by atoms with E-state index in [0.29, 0.717) is 6.42 Å². The van der Waals surface area contributed by atoms with Gasteiger partial charge in [0, 0.05) is 11.8 Å². The molecule has 0 aromatic heterocycles. The Balaban J connectivity index is 2.35. The molecule has 0 spiro atoms. The van der Waals surface area contributed by atoms with Gasteiger partial charge in [0.15, 0.2) is 0 Å². The van der Waals surface area contributed by atoms with Crippen LogP contribution >= 0.6 is 15.9 Å². The summed E-state index contributed by atoms with van der Waals surface area (Å²) in [5, 5.41) is 0.777. The van der Waals surface area contributed by atoms with Crippen LogP contribution in [0.5, 0.6) is 0 Å². The summed E-state index contributed by atoms with van der Waals surface area (Å²) < 4.78 is 5.35. The van der Waals surface area contributed by atoms with E-state index in [9.17, 15) is 4.79 Å². The standard InChI is InChI=1S/C11H19BrO2/c12-9-10-7-5-3-1-2-4-6-8-11(13)14-10/h10H,1-9H2. The molecule has 14 heavy (non-hydrogen) atoms. The van der Waals surface area contributed by atoms with Crippen molar-refractivity contribution in [3.63, 3.8) is 0 Å². The Morgan fingerprint density at radius 2 is 1.79 bits per heavy atom. The minimum Gasteiger partial charge on any atom is -0.461 e. The topological polar surface area (TPSA) is 26.3 Å². The van der Waals surface area contributed by atoms with Crippen molar-refractivity contribution in [1.82, 2.24) is 0 Å². The molecule has 1 fully saturated rings. The maximum absolute atomic E-state index is 11.3. The highest BCUT2D eigenvalue weighted by atomic mass is 79.9. The largest absolute Gasteiger partial charge is 0.461 e. The van der Waals surface area contributed by atoms with Crippen LogP contribution in [0, 0.1) is 0 Å². The lowest BCUT2D eigenvalue weighted by molar-refractivity contribution is -0.148. The summed E-state index contributed by atoms with van der Waals surface area (Å²) in [6, 6.07) is 0. The lowest BCUT2D eigenvalue weighted by Crippen LogP contribution is -2.19. The van der Waals surface area contributed by atoms with Gasteiger partial charge in [-0.05, 0) is 19.3 Å². The number of alkyl halides is 1. The highest BCUT2D eigenvalue weighted by Crippen LogP contribution is 2.15. The third-order valence-corrected chi connectivity index (χ3v) is 3.35. The first kappa shape index (κ1) is 12.0. The molecule has 1 aliphatic rings. The van der Waals surface area contributed by atoms with Gasteiger partial charge in [-0.3, -0.25) is 4.79 Å². The van der Waals surface area contributed by atoms with Crippen molar-refractivity contribution >= 4 is 21.9 Å². The predicted molar refractivity (Wildman–Crippen MR) is 60.6 cm³/mol. The summed E-state index contributed by atoms with van der Waals surface area (Å²) in [5.74, 6) is -0.0173. The third kappa shape index (κ3) is 4.99. The number of hydrogen-bond donors (Lipinski definition) is 0. The van der Waals surface area contributed by atoms with E-state index < -0.39 is 0 Å². The van der Waals surface area contributed by atoms with Crippen molar-refractivity contribution in [3.05, 3.63) is 0 Å². The summed E-state index contributed by atoms with van der Waals surface area (Å²) in [7, 11) is 0. The van der Waals surface area contributed by atoms with Gasteiger partial charge in [0.05, 0.1) is 0 Å². The van der Waals surface area contributed by atoms with Gasteiger partial charge in [-0.25, -0.2) is 0 Å². The number of carbonyl (C=O) groups is 1. The Labute approximate surface area is 94.5 Å². The maximum atomic E-state index is 11.3. The van der Waals surface area contributed by atoms with E-state index in [0.717, 1.165) is 18.2 Å². The average molecular weight is 263 g/mol. The Morgan fingerprint density at radius 3 is 2.50 bits per heavy atom. The fourth-order valence-corrected chi connectivity index (χ4v) is 2.22. The van der Waals surface area contributed by atoms with Crippen LogP contribution in [0.15, 0.2) is 0 Å². The molecular formula is C11H19BrO2. The van der Waals surface area contributed by atoms with Crippen LogP contribution < -0.4 is 0 Å². The first-order valence-corrected chi connectivity index (χ1v) is 6.70. The van der Waals surface area contributed by atoms with Crippen LogP contribution in [0.25, 0.3) is 0 Å². The zero-order valence-electron chi connectivity index (χ0n) is 8.64. The molecule has 2 nitrogen and oxygen atoms in total. The zero-order valence-corrected chi connectivity index (χ0v) is 10.2. The van der Waals surface area contributed by atoms with Crippen molar-refractivity contribution in [1.29, 1.82) is 0 Å². The number of carbonyl (C=O) groups excluding carboxylic acids is 1. The van der Waals surface area contributed by atoms with Gasteiger partial charge in [-0.1, -0.05) is 41.6 Å². The summed E-state index contributed by atoms with van der Waals surface area (Å²) in [6.07, 6.45) is 8.92. The molecule has 1 saturated heterocycles. The zero-order chi connectivity index (χ0) is 10.2. The van der Waals surface area contributed by atoms with E-state index in [4.69, 9.17) is 4.74 Å². The van der Waals surface area contributed by atoms with E-state index >= 15 is 0 Å². The van der Waals surface area contributed by atoms with Gasteiger partial charge in [0.1, 0.15) is 6.10 Å². The summed E-state index contributed by atoms with van der Waals surface area (Å²) in [5.41, 5.74) is 0. The lowest BCUT2D eigenvalue weighted by atomic mass is 10.1. The molecule has 1 atom stereocenters. The molecule has 1 unspecified atom stereocenters. The number of hydrogen-bond acceptors (Lipinski definition) is 2. The van der Waals surface area contributed by atoms with Gasteiger partial charge < -0.3 is 4.74 Å². The van der Waals surface area contributed by atoms with Gasteiger partial charge in [-0.2, -0.15) is 0 Å². The van der Waals surface area contributed by atoms with Gasteiger partial charge in [-0.15, -0.1) is 0 Å². The van der Waals surface area contributed by atoms with Crippen molar-refractivity contribution in [2.24, 2.45) is 0 Å². The molecule has 0 radical (unpaired) electrons. The highest BCUT2D eigenvalue weighted by molar-refractivity contribution is 9.09. The second kappa shape index (κ2) is 7.27. The molecule has 0 bridgehead atoms. The van der Waals surface area contributed by atoms with Crippen LogP contribution in [0.2, 0.25) is 0 Å². The number of halogens is 1. The predicted octanol–water partition coefficient (Wildman–Crippen LogP) is 3.43. The molecule has 1 aliphatic heterocycles. The molecule has 0 aliphatic carbocycles. The minimum atomic E-state index is -0.0173. The van der Waals surface area contributed by atoms with Crippen LogP contribution in [-0.2, 0) is 9.53 Å². The van der Waals surface area contributed by atoms with Crippen LogP contribution in [0.3, 0.4) is 0 Å². The van der Waals surface area contributed by atoms with Crippen LogP contribution in [-0.4, -0.2) is 17.4 Å². The fourth-order valence-electron chi connectivity index (χ4n) is 1.76. The quantitative estimate of drug-likeness (QED) is 0.535. The molecule has 1 heterocycles. The van der Waals surface area contributed by atoms with Crippen molar-refractivity contribution in [2.45, 2.75) is 57.5 Å². The second-order valence-electron chi connectivity index (χ2n) is 3.93. The van der Waals surface area contributed by atoms with Crippen molar-refractivity contribution < 1.29 is 9.53 Å². The fraction of sp³-hybridized carbons (Fsp3) is 0.909.